The summed E-state index contributed by atoms with van der Waals surface area (Å²) in [6.45, 7) is 10.3. The van der Waals surface area contributed by atoms with Crippen LogP contribution < -0.4 is 5.32 Å². The molecule has 1 heteroatoms. The summed E-state index contributed by atoms with van der Waals surface area (Å²) >= 11 is 0. The lowest BCUT2D eigenvalue weighted by atomic mass is 10.1. The van der Waals surface area contributed by atoms with E-state index in [4.69, 9.17) is 0 Å². The number of rotatable bonds is 5. The van der Waals surface area contributed by atoms with Gasteiger partial charge in [0.2, 0.25) is 0 Å². The van der Waals surface area contributed by atoms with Crippen molar-refractivity contribution >= 4 is 0 Å². The van der Waals surface area contributed by atoms with Gasteiger partial charge in [-0.1, -0.05) is 59.3 Å². The molecule has 0 radical (unpaired) electrons. The zero-order valence-corrected chi connectivity index (χ0v) is 11.3. The van der Waals surface area contributed by atoms with Crippen LogP contribution in [0.1, 0.15) is 72.6 Å². The van der Waals surface area contributed by atoms with Crippen molar-refractivity contribution in [2.75, 3.05) is 6.54 Å². The van der Waals surface area contributed by atoms with Crippen molar-refractivity contribution in [3.8, 4) is 0 Å². The van der Waals surface area contributed by atoms with Gasteiger partial charge in [-0.15, -0.1) is 0 Å². The largest absolute Gasteiger partial charge is 0.314 e. The molecule has 15 heavy (non-hydrogen) atoms. The molecule has 0 aromatic rings. The fraction of sp³-hybridized carbons (Fsp3) is 1.00. The Balaban J connectivity index is 0.000000262. The van der Waals surface area contributed by atoms with Gasteiger partial charge in [-0.05, 0) is 25.8 Å². The zero-order chi connectivity index (χ0) is 11.5. The van der Waals surface area contributed by atoms with Crippen molar-refractivity contribution in [1.29, 1.82) is 0 Å². The topological polar surface area (TPSA) is 12.0 Å². The summed E-state index contributed by atoms with van der Waals surface area (Å²) in [6.07, 6.45) is 9.85. The highest BCUT2D eigenvalue weighted by molar-refractivity contribution is 4.75. The Morgan fingerprint density at radius 3 is 1.67 bits per heavy atom. The van der Waals surface area contributed by atoms with Gasteiger partial charge >= 0.3 is 0 Å². The van der Waals surface area contributed by atoms with Gasteiger partial charge in [-0.3, -0.25) is 0 Å². The highest BCUT2D eigenvalue weighted by Gasteiger charge is 2.16. The summed E-state index contributed by atoms with van der Waals surface area (Å²) in [5, 5.41) is 3.37. The number of hydrogen-bond acceptors (Lipinski definition) is 1. The van der Waals surface area contributed by atoms with Gasteiger partial charge in [0, 0.05) is 6.04 Å². The Labute approximate surface area is 97.0 Å². The van der Waals surface area contributed by atoms with Crippen molar-refractivity contribution in [1.82, 2.24) is 5.32 Å². The maximum atomic E-state index is 3.37. The minimum absolute atomic E-state index is 0.764. The van der Waals surface area contributed by atoms with Gasteiger partial charge in [0.25, 0.3) is 0 Å². The summed E-state index contributed by atoms with van der Waals surface area (Å²) in [5.74, 6) is 0.903. The van der Waals surface area contributed by atoms with Crippen molar-refractivity contribution in [3.63, 3.8) is 0 Å². The molecule has 0 saturated carbocycles. The minimum atomic E-state index is 0.764. The second kappa shape index (κ2) is 10.5. The second-order valence-electron chi connectivity index (χ2n) is 4.92. The number of nitrogens with one attached hydrogen (secondary N) is 1. The Hall–Kier alpha value is -0.0400. The summed E-state index contributed by atoms with van der Waals surface area (Å²) in [6, 6.07) is 0.764. The van der Waals surface area contributed by atoms with Crippen molar-refractivity contribution in [2.24, 2.45) is 5.92 Å². The predicted molar refractivity (Wildman–Crippen MR) is 70.3 cm³/mol. The van der Waals surface area contributed by atoms with E-state index in [1.54, 1.807) is 0 Å². The first-order valence-electron chi connectivity index (χ1n) is 6.95. The van der Waals surface area contributed by atoms with Crippen LogP contribution in [0, 0.1) is 5.92 Å². The quantitative estimate of drug-likeness (QED) is 0.669. The maximum absolute atomic E-state index is 3.37. The first kappa shape index (κ1) is 15.0. The molecule has 0 aromatic heterocycles. The van der Waals surface area contributed by atoms with Gasteiger partial charge < -0.3 is 5.32 Å². The fourth-order valence-electron chi connectivity index (χ4n) is 1.84. The molecule has 0 aromatic carbocycles. The molecule has 1 aliphatic heterocycles. The Bertz CT molecular complexity index is 109. The molecule has 1 rings (SSSR count). The SMILES string of the molecule is CC1CCNC1C.CCCCCCCC. The van der Waals surface area contributed by atoms with Crippen molar-refractivity contribution < 1.29 is 0 Å². The molecule has 0 amide bonds. The van der Waals surface area contributed by atoms with Gasteiger partial charge in [0.1, 0.15) is 0 Å². The molecule has 1 N–H and O–H groups in total. The summed E-state index contributed by atoms with van der Waals surface area (Å²) in [5.41, 5.74) is 0. The number of hydrogen-bond donors (Lipinski definition) is 1. The van der Waals surface area contributed by atoms with E-state index in [-0.39, 0.29) is 0 Å². The smallest absolute Gasteiger partial charge is 0.00648 e. The Morgan fingerprint density at radius 1 is 0.933 bits per heavy atom. The lowest BCUT2D eigenvalue weighted by Gasteiger charge is -2.05. The van der Waals surface area contributed by atoms with E-state index < -0.39 is 0 Å². The molecule has 2 unspecified atom stereocenters. The second-order valence-corrected chi connectivity index (χ2v) is 4.92. The molecule has 92 valence electrons. The highest BCUT2D eigenvalue weighted by atomic mass is 14.9. The third kappa shape index (κ3) is 8.92. The Kier molecular flexibility index (Phi) is 10.4. The van der Waals surface area contributed by atoms with Crippen LogP contribution in [-0.4, -0.2) is 12.6 Å². The van der Waals surface area contributed by atoms with E-state index in [0.717, 1.165) is 12.0 Å². The first-order valence-corrected chi connectivity index (χ1v) is 6.95. The molecular formula is C14H31N. The fourth-order valence-corrected chi connectivity index (χ4v) is 1.84. The van der Waals surface area contributed by atoms with Crippen molar-refractivity contribution in [3.05, 3.63) is 0 Å². The maximum Gasteiger partial charge on any atom is 0.00648 e. The molecule has 1 fully saturated rings. The molecule has 0 spiro atoms. The van der Waals surface area contributed by atoms with Crippen LogP contribution in [0.5, 0.6) is 0 Å². The third-order valence-electron chi connectivity index (χ3n) is 3.38. The standard InChI is InChI=1S/C8H18.C6H13N/c1-3-5-7-8-6-4-2;1-5-3-4-7-6(5)2/h3-8H2,1-2H3;5-7H,3-4H2,1-2H3. The van der Waals surface area contributed by atoms with E-state index in [0.29, 0.717) is 0 Å². The molecule has 1 saturated heterocycles. The van der Waals surface area contributed by atoms with E-state index in [2.05, 4.69) is 33.0 Å². The van der Waals surface area contributed by atoms with Gasteiger partial charge in [-0.25, -0.2) is 0 Å². The minimum Gasteiger partial charge on any atom is -0.314 e. The Morgan fingerprint density at radius 2 is 1.47 bits per heavy atom. The van der Waals surface area contributed by atoms with Gasteiger partial charge in [-0.2, -0.15) is 0 Å². The van der Waals surface area contributed by atoms with E-state index in [1.165, 1.54) is 51.5 Å². The van der Waals surface area contributed by atoms with Gasteiger partial charge in [0.15, 0.2) is 0 Å². The normalized spacial score (nSPS) is 24.8. The third-order valence-corrected chi connectivity index (χ3v) is 3.38. The average molecular weight is 213 g/mol. The molecule has 1 nitrogen and oxygen atoms in total. The van der Waals surface area contributed by atoms with E-state index in [1.807, 2.05) is 0 Å². The lowest BCUT2D eigenvalue weighted by molar-refractivity contribution is 0.519. The highest BCUT2D eigenvalue weighted by Crippen LogP contribution is 2.12. The molecular weight excluding hydrogens is 182 g/mol. The van der Waals surface area contributed by atoms with Crippen LogP contribution in [0.2, 0.25) is 0 Å². The van der Waals surface area contributed by atoms with E-state index in [9.17, 15) is 0 Å². The summed E-state index contributed by atoms with van der Waals surface area (Å²) in [7, 11) is 0. The number of unbranched alkanes of at least 4 members (excludes halogenated alkanes) is 5. The first-order chi connectivity index (χ1) is 7.22. The van der Waals surface area contributed by atoms with Crippen LogP contribution in [0.25, 0.3) is 0 Å². The molecule has 1 aliphatic rings. The molecule has 2 atom stereocenters. The van der Waals surface area contributed by atoms with Crippen LogP contribution >= 0.6 is 0 Å². The predicted octanol–water partition coefficient (Wildman–Crippen LogP) is 4.37. The summed E-state index contributed by atoms with van der Waals surface area (Å²) < 4.78 is 0. The van der Waals surface area contributed by atoms with Crippen LogP contribution in [0.4, 0.5) is 0 Å². The van der Waals surface area contributed by atoms with Gasteiger partial charge in [0.05, 0.1) is 0 Å². The van der Waals surface area contributed by atoms with Crippen LogP contribution in [0.15, 0.2) is 0 Å². The van der Waals surface area contributed by atoms with Crippen molar-refractivity contribution in [2.45, 2.75) is 78.7 Å². The average Bonchev–Trinajstić information content (AvgIpc) is 2.60. The molecule has 1 heterocycles. The van der Waals surface area contributed by atoms with E-state index >= 15 is 0 Å². The monoisotopic (exact) mass is 213 g/mol. The summed E-state index contributed by atoms with van der Waals surface area (Å²) in [4.78, 5) is 0. The van der Waals surface area contributed by atoms with Crippen LogP contribution in [-0.2, 0) is 0 Å². The zero-order valence-electron chi connectivity index (χ0n) is 11.3. The molecule has 0 aliphatic carbocycles. The lowest BCUT2D eigenvalue weighted by Crippen LogP contribution is -2.20. The van der Waals surface area contributed by atoms with Crippen LogP contribution in [0.3, 0.4) is 0 Å². The molecule has 0 bridgehead atoms.